The minimum atomic E-state index is 0.810. The highest BCUT2D eigenvalue weighted by molar-refractivity contribution is 14.2. The molecule has 1 aromatic rings. The molecule has 0 heterocycles. The Balaban J connectivity index is 3.06. The summed E-state index contributed by atoms with van der Waals surface area (Å²) in [6.07, 6.45) is 0.973. The summed E-state index contributed by atoms with van der Waals surface area (Å²) in [5.74, 6) is 3.09. The summed E-state index contributed by atoms with van der Waals surface area (Å²) in [7, 11) is 7.17. The van der Waals surface area contributed by atoms with Gasteiger partial charge in [0.25, 0.3) is 0 Å². The van der Waals surface area contributed by atoms with Crippen molar-refractivity contribution in [3.63, 3.8) is 0 Å². The molecule has 1 aromatic carbocycles. The summed E-state index contributed by atoms with van der Waals surface area (Å²) in [6.45, 7) is 2.11. The van der Waals surface area contributed by atoms with Crippen LogP contribution < -0.4 is 5.46 Å². The van der Waals surface area contributed by atoms with Crippen LogP contribution in [0.4, 0.5) is 0 Å². The maximum atomic E-state index is 5.68. The first-order valence-electron chi connectivity index (χ1n) is 3.95. The highest BCUT2D eigenvalue weighted by Crippen LogP contribution is 2.10. The highest BCUT2D eigenvalue weighted by Gasteiger charge is 1.96. The van der Waals surface area contributed by atoms with E-state index < -0.39 is 0 Å². The van der Waals surface area contributed by atoms with Crippen LogP contribution >= 0.6 is 30.1 Å². The molecule has 0 saturated carbocycles. The summed E-state index contributed by atoms with van der Waals surface area (Å²) >= 11 is 2.16. The van der Waals surface area contributed by atoms with Crippen molar-refractivity contribution in [1.82, 2.24) is 0 Å². The molecule has 0 atom stereocenters. The fourth-order valence-electron chi connectivity index (χ4n) is 1.10. The third-order valence-electron chi connectivity index (χ3n) is 1.73. The molecule has 3 heteroatoms. The molecule has 0 nitrogen and oxygen atoms in total. The Morgan fingerprint density at radius 1 is 1.54 bits per heavy atom. The zero-order valence-electron chi connectivity index (χ0n) is 7.30. The number of hydrogen-bond acceptors (Lipinski definition) is 1. The summed E-state index contributed by atoms with van der Waals surface area (Å²) in [5, 5.41) is 2.97. The third-order valence-corrected chi connectivity index (χ3v) is 2.57. The Kier molecular flexibility index (Phi) is 4.75. The molecule has 0 bridgehead atoms. The standard InChI is InChI=1S/C10H8BIS/c1-2-8-7-10(11)4-3-9(8)5-6-13-12/h3-4,7H,2H2,1H3. The molecule has 0 amide bonds. The van der Waals surface area contributed by atoms with Crippen LogP contribution in [-0.2, 0) is 6.42 Å². The van der Waals surface area contributed by atoms with Gasteiger partial charge >= 0.3 is 0 Å². The van der Waals surface area contributed by atoms with Gasteiger partial charge in [-0.25, -0.2) is 0 Å². The van der Waals surface area contributed by atoms with E-state index in [0.717, 1.165) is 17.4 Å². The molecule has 0 aliphatic heterocycles. The minimum Gasteiger partial charge on any atom is -0.0963 e. The monoisotopic (exact) mass is 298 g/mol. The average molecular weight is 298 g/mol. The van der Waals surface area contributed by atoms with Gasteiger partial charge in [-0.2, -0.15) is 0 Å². The van der Waals surface area contributed by atoms with Crippen molar-refractivity contribution >= 4 is 43.4 Å². The van der Waals surface area contributed by atoms with Crippen LogP contribution in [0.25, 0.3) is 0 Å². The van der Waals surface area contributed by atoms with Crippen LogP contribution in [0.2, 0.25) is 0 Å². The molecule has 0 unspecified atom stereocenters. The van der Waals surface area contributed by atoms with Crippen LogP contribution in [-0.4, -0.2) is 7.85 Å². The molecular weight excluding hydrogens is 290 g/mol. The topological polar surface area (TPSA) is 0 Å². The smallest absolute Gasteiger partial charge is 0.0963 e. The Morgan fingerprint density at radius 3 is 2.92 bits per heavy atom. The van der Waals surface area contributed by atoms with E-state index in [9.17, 15) is 0 Å². The van der Waals surface area contributed by atoms with Crippen molar-refractivity contribution < 1.29 is 0 Å². The summed E-state index contributed by atoms with van der Waals surface area (Å²) in [6, 6.07) is 5.86. The van der Waals surface area contributed by atoms with E-state index in [-0.39, 0.29) is 0 Å². The Morgan fingerprint density at radius 2 is 2.31 bits per heavy atom. The van der Waals surface area contributed by atoms with Gasteiger partial charge in [-0.05, 0) is 32.2 Å². The minimum absolute atomic E-state index is 0.810. The zero-order valence-corrected chi connectivity index (χ0v) is 10.3. The molecule has 0 fully saturated rings. The van der Waals surface area contributed by atoms with Gasteiger partial charge in [-0.15, -0.1) is 0 Å². The van der Waals surface area contributed by atoms with Gasteiger partial charge in [-0.1, -0.05) is 30.4 Å². The van der Waals surface area contributed by atoms with Gasteiger partial charge in [0, 0.05) is 26.8 Å². The van der Waals surface area contributed by atoms with Crippen LogP contribution in [0, 0.1) is 11.2 Å². The number of rotatable bonds is 1. The highest BCUT2D eigenvalue weighted by atomic mass is 127. The molecule has 0 spiro atoms. The predicted molar refractivity (Wildman–Crippen MR) is 69.7 cm³/mol. The van der Waals surface area contributed by atoms with Gasteiger partial charge in [0.2, 0.25) is 0 Å². The lowest BCUT2D eigenvalue weighted by atomic mass is 9.91. The normalized spacial score (nSPS) is 9.08. The van der Waals surface area contributed by atoms with Gasteiger partial charge in [-0.3, -0.25) is 0 Å². The largest absolute Gasteiger partial charge is 0.113 e. The SMILES string of the molecule is [B]c1ccc(C#CSI)c(CC)c1. The van der Waals surface area contributed by atoms with Crippen LogP contribution in [0.15, 0.2) is 18.2 Å². The van der Waals surface area contributed by atoms with E-state index >= 15 is 0 Å². The van der Waals surface area contributed by atoms with E-state index in [0.29, 0.717) is 0 Å². The lowest BCUT2D eigenvalue weighted by Crippen LogP contribution is -2.04. The lowest BCUT2D eigenvalue weighted by Gasteiger charge is -2.02. The second-order valence-corrected chi connectivity index (χ2v) is 4.25. The average Bonchev–Trinajstić information content (AvgIpc) is 2.16. The second kappa shape index (κ2) is 5.61. The molecule has 1 rings (SSSR count). The molecule has 13 heavy (non-hydrogen) atoms. The first-order valence-corrected chi connectivity index (χ1v) is 7.31. The fourth-order valence-corrected chi connectivity index (χ4v) is 1.58. The first-order chi connectivity index (χ1) is 6.27. The summed E-state index contributed by atoms with van der Waals surface area (Å²) in [4.78, 5) is 0. The van der Waals surface area contributed by atoms with E-state index in [1.807, 2.05) is 18.2 Å². The maximum Gasteiger partial charge on any atom is 0.113 e. The maximum absolute atomic E-state index is 5.68. The Hall–Kier alpha value is -0.0751. The number of aryl methyl sites for hydroxylation is 1. The van der Waals surface area contributed by atoms with Crippen LogP contribution in [0.5, 0.6) is 0 Å². The van der Waals surface area contributed by atoms with Gasteiger partial charge in [0.15, 0.2) is 0 Å². The molecule has 0 aliphatic rings. The Labute approximate surface area is 96.9 Å². The number of halogens is 1. The lowest BCUT2D eigenvalue weighted by molar-refractivity contribution is 1.13. The second-order valence-electron chi connectivity index (χ2n) is 2.57. The van der Waals surface area contributed by atoms with Gasteiger partial charge in [0.1, 0.15) is 7.85 Å². The quantitative estimate of drug-likeness (QED) is 0.436. The van der Waals surface area contributed by atoms with E-state index in [2.05, 4.69) is 39.3 Å². The van der Waals surface area contributed by atoms with E-state index in [1.54, 1.807) is 0 Å². The number of hydrogen-bond donors (Lipinski definition) is 0. The Bertz CT molecular complexity index is 352. The molecule has 0 saturated heterocycles. The van der Waals surface area contributed by atoms with Crippen molar-refractivity contribution in [3.8, 4) is 11.2 Å². The first kappa shape index (κ1) is 11.0. The van der Waals surface area contributed by atoms with Crippen LogP contribution in [0.3, 0.4) is 0 Å². The molecule has 0 aliphatic carbocycles. The zero-order chi connectivity index (χ0) is 9.68. The molecule has 0 aromatic heterocycles. The van der Waals surface area contributed by atoms with E-state index in [4.69, 9.17) is 7.85 Å². The molecule has 0 N–H and O–H groups in total. The van der Waals surface area contributed by atoms with Crippen molar-refractivity contribution in [3.05, 3.63) is 29.3 Å². The molecule has 2 radical (unpaired) electrons. The fraction of sp³-hybridized carbons (Fsp3) is 0.200. The van der Waals surface area contributed by atoms with Crippen LogP contribution in [0.1, 0.15) is 18.1 Å². The molecule has 64 valence electrons. The van der Waals surface area contributed by atoms with Gasteiger partial charge in [0.05, 0.1) is 0 Å². The predicted octanol–water partition coefficient (Wildman–Crippen LogP) is 2.44. The van der Waals surface area contributed by atoms with Gasteiger partial charge < -0.3 is 0 Å². The van der Waals surface area contributed by atoms with Crippen molar-refractivity contribution in [2.45, 2.75) is 13.3 Å². The van der Waals surface area contributed by atoms with Crippen molar-refractivity contribution in [2.75, 3.05) is 0 Å². The van der Waals surface area contributed by atoms with Crippen molar-refractivity contribution in [2.24, 2.45) is 0 Å². The summed E-state index contributed by atoms with van der Waals surface area (Å²) in [5.41, 5.74) is 3.11. The molecular formula is C10H8BIS. The van der Waals surface area contributed by atoms with Crippen molar-refractivity contribution in [1.29, 1.82) is 0 Å². The third kappa shape index (κ3) is 3.28. The van der Waals surface area contributed by atoms with E-state index in [1.165, 1.54) is 14.5 Å². The number of benzene rings is 1. The summed E-state index contributed by atoms with van der Waals surface area (Å²) < 4.78 is 0.